The second-order valence-corrected chi connectivity index (χ2v) is 4.09. The Morgan fingerprint density at radius 2 is 2.00 bits per heavy atom. The number of para-hydroxylation sites is 1. The maximum atomic E-state index is 13.3. The molecule has 1 amide bonds. The van der Waals surface area contributed by atoms with Crippen LogP contribution in [0.5, 0.6) is 0 Å². The lowest BCUT2D eigenvalue weighted by Gasteiger charge is -2.13. The molecule has 0 aliphatic heterocycles. The highest BCUT2D eigenvalue weighted by Crippen LogP contribution is 2.17. The first-order valence-electron chi connectivity index (χ1n) is 6.09. The van der Waals surface area contributed by atoms with Crippen molar-refractivity contribution in [2.45, 2.75) is 19.9 Å². The fourth-order valence-corrected chi connectivity index (χ4v) is 1.42. The number of halogens is 2. The quantitative estimate of drug-likeness (QED) is 0.797. The Morgan fingerprint density at radius 1 is 1.37 bits per heavy atom. The summed E-state index contributed by atoms with van der Waals surface area (Å²) in [5.41, 5.74) is -0.424. The number of hydrogen-bond acceptors (Lipinski definition) is 3. The van der Waals surface area contributed by atoms with Gasteiger partial charge in [-0.15, -0.1) is 0 Å². The van der Waals surface area contributed by atoms with Crippen molar-refractivity contribution in [3.8, 4) is 0 Å². The fourth-order valence-electron chi connectivity index (χ4n) is 1.42. The van der Waals surface area contributed by atoms with Crippen molar-refractivity contribution in [2.75, 3.05) is 25.1 Å². The first-order chi connectivity index (χ1) is 9.04. The summed E-state index contributed by atoms with van der Waals surface area (Å²) in [4.78, 5) is 11.5. The number of rotatable bonds is 7. The van der Waals surface area contributed by atoms with E-state index in [2.05, 4.69) is 10.6 Å². The van der Waals surface area contributed by atoms with Crippen molar-refractivity contribution in [2.24, 2.45) is 0 Å². The molecule has 1 rings (SSSR count). The van der Waals surface area contributed by atoms with Gasteiger partial charge >= 0.3 is 0 Å². The summed E-state index contributed by atoms with van der Waals surface area (Å²) in [7, 11) is 0. The second kappa shape index (κ2) is 7.81. The molecule has 1 aromatic rings. The topological polar surface area (TPSA) is 50.4 Å². The molecule has 0 saturated carbocycles. The van der Waals surface area contributed by atoms with E-state index in [0.29, 0.717) is 13.2 Å². The van der Waals surface area contributed by atoms with Crippen molar-refractivity contribution in [3.63, 3.8) is 0 Å². The van der Waals surface area contributed by atoms with Crippen molar-refractivity contribution in [1.29, 1.82) is 0 Å². The van der Waals surface area contributed by atoms with Gasteiger partial charge in [0.05, 0.1) is 13.2 Å². The third-order valence-corrected chi connectivity index (χ3v) is 2.41. The fraction of sp³-hybridized carbons (Fsp3) is 0.462. The van der Waals surface area contributed by atoms with Gasteiger partial charge in [-0.05, 0) is 26.0 Å². The molecule has 0 bridgehead atoms. The highest BCUT2D eigenvalue weighted by Gasteiger charge is 2.12. The molecule has 0 aliphatic rings. The van der Waals surface area contributed by atoms with Crippen LogP contribution in [0, 0.1) is 11.6 Å². The molecule has 0 aromatic heterocycles. The molecule has 4 nitrogen and oxygen atoms in total. The minimum atomic E-state index is -0.796. The summed E-state index contributed by atoms with van der Waals surface area (Å²) >= 11 is 0. The number of carbonyl (C=O) groups is 1. The maximum Gasteiger partial charge on any atom is 0.238 e. The third kappa shape index (κ3) is 5.32. The van der Waals surface area contributed by atoms with E-state index in [0.717, 1.165) is 12.1 Å². The van der Waals surface area contributed by atoms with Gasteiger partial charge in [0, 0.05) is 12.6 Å². The lowest BCUT2D eigenvalue weighted by atomic mass is 10.3. The predicted molar refractivity (Wildman–Crippen MR) is 68.9 cm³/mol. The molecule has 106 valence electrons. The van der Waals surface area contributed by atoms with Crippen LogP contribution in [-0.2, 0) is 9.53 Å². The number of amides is 1. The lowest BCUT2D eigenvalue weighted by molar-refractivity contribution is -0.115. The molecule has 0 saturated heterocycles. The van der Waals surface area contributed by atoms with Crippen LogP contribution < -0.4 is 10.6 Å². The Balaban J connectivity index is 2.43. The van der Waals surface area contributed by atoms with E-state index in [4.69, 9.17) is 4.74 Å². The third-order valence-electron chi connectivity index (χ3n) is 2.41. The average Bonchev–Trinajstić information content (AvgIpc) is 2.38. The van der Waals surface area contributed by atoms with E-state index in [1.807, 2.05) is 13.8 Å². The van der Waals surface area contributed by atoms with Gasteiger partial charge in [0.1, 0.15) is 17.3 Å². The summed E-state index contributed by atoms with van der Waals surface area (Å²) in [6.45, 7) is 4.76. The van der Waals surface area contributed by atoms with Crippen LogP contribution >= 0.6 is 0 Å². The highest BCUT2D eigenvalue weighted by atomic mass is 19.1. The van der Waals surface area contributed by atoms with Gasteiger partial charge in [-0.2, -0.15) is 0 Å². The summed E-state index contributed by atoms with van der Waals surface area (Å²) in [6.07, 6.45) is 0. The van der Waals surface area contributed by atoms with E-state index in [1.165, 1.54) is 6.07 Å². The predicted octanol–water partition coefficient (Wildman–Crippen LogP) is 1.92. The van der Waals surface area contributed by atoms with Crippen LogP contribution in [0.1, 0.15) is 13.8 Å². The first-order valence-corrected chi connectivity index (χ1v) is 6.09. The molecule has 0 spiro atoms. The molecule has 0 heterocycles. The van der Waals surface area contributed by atoms with Crippen LogP contribution in [0.15, 0.2) is 18.2 Å². The van der Waals surface area contributed by atoms with Crippen LogP contribution in [0.4, 0.5) is 14.5 Å². The van der Waals surface area contributed by atoms with E-state index in [9.17, 15) is 13.6 Å². The second-order valence-electron chi connectivity index (χ2n) is 4.09. The Kier molecular flexibility index (Phi) is 6.38. The number of nitrogens with one attached hydrogen (secondary N) is 2. The van der Waals surface area contributed by atoms with E-state index < -0.39 is 23.2 Å². The smallest absolute Gasteiger partial charge is 0.238 e. The number of benzene rings is 1. The number of carbonyl (C=O) groups excluding carboxylic acids is 1. The van der Waals surface area contributed by atoms with E-state index in [-0.39, 0.29) is 12.6 Å². The normalized spacial score (nSPS) is 12.2. The molecule has 6 heteroatoms. The van der Waals surface area contributed by atoms with Crippen LogP contribution in [-0.4, -0.2) is 31.7 Å². The SMILES string of the molecule is CCOCC(C)NCC(=O)Nc1c(F)cccc1F. The van der Waals surface area contributed by atoms with Crippen molar-refractivity contribution in [1.82, 2.24) is 5.32 Å². The summed E-state index contributed by atoms with van der Waals surface area (Å²) in [5.74, 6) is -2.10. The monoisotopic (exact) mass is 272 g/mol. The Morgan fingerprint density at radius 3 is 2.58 bits per heavy atom. The molecule has 1 unspecified atom stereocenters. The van der Waals surface area contributed by atoms with Gasteiger partial charge in [0.15, 0.2) is 0 Å². The van der Waals surface area contributed by atoms with Gasteiger partial charge in [0.2, 0.25) is 5.91 Å². The summed E-state index contributed by atoms with van der Waals surface area (Å²) < 4.78 is 31.7. The summed E-state index contributed by atoms with van der Waals surface area (Å²) in [5, 5.41) is 5.09. The van der Waals surface area contributed by atoms with E-state index in [1.54, 1.807) is 0 Å². The van der Waals surface area contributed by atoms with Crippen LogP contribution in [0.2, 0.25) is 0 Å². The largest absolute Gasteiger partial charge is 0.380 e. The lowest BCUT2D eigenvalue weighted by Crippen LogP contribution is -2.37. The molecule has 0 radical (unpaired) electrons. The number of anilines is 1. The minimum Gasteiger partial charge on any atom is -0.380 e. The molecule has 0 aliphatic carbocycles. The highest BCUT2D eigenvalue weighted by molar-refractivity contribution is 5.92. The van der Waals surface area contributed by atoms with Gasteiger partial charge < -0.3 is 15.4 Å². The maximum absolute atomic E-state index is 13.3. The first kappa shape index (κ1) is 15.5. The van der Waals surface area contributed by atoms with Gasteiger partial charge in [0.25, 0.3) is 0 Å². The zero-order valence-corrected chi connectivity index (χ0v) is 11.0. The summed E-state index contributed by atoms with van der Waals surface area (Å²) in [6, 6.07) is 3.40. The number of ether oxygens (including phenoxy) is 1. The van der Waals surface area contributed by atoms with E-state index >= 15 is 0 Å². The zero-order valence-electron chi connectivity index (χ0n) is 11.0. The minimum absolute atomic E-state index is 0.0174. The Bertz CT molecular complexity index is 407. The molecule has 2 N–H and O–H groups in total. The van der Waals surface area contributed by atoms with Crippen molar-refractivity contribution in [3.05, 3.63) is 29.8 Å². The van der Waals surface area contributed by atoms with Gasteiger partial charge in [-0.25, -0.2) is 8.78 Å². The Labute approximate surface area is 111 Å². The average molecular weight is 272 g/mol. The molecule has 0 fully saturated rings. The molecular weight excluding hydrogens is 254 g/mol. The molecular formula is C13H18F2N2O2. The Hall–Kier alpha value is -1.53. The molecule has 19 heavy (non-hydrogen) atoms. The standard InChI is InChI=1S/C13H18F2N2O2/c1-3-19-8-9(2)16-7-12(18)17-13-10(14)5-4-6-11(13)15/h4-6,9,16H,3,7-8H2,1-2H3,(H,17,18). The van der Waals surface area contributed by atoms with Crippen molar-refractivity contribution >= 4 is 11.6 Å². The van der Waals surface area contributed by atoms with Crippen LogP contribution in [0.25, 0.3) is 0 Å². The zero-order chi connectivity index (χ0) is 14.3. The molecule has 1 aromatic carbocycles. The van der Waals surface area contributed by atoms with Crippen molar-refractivity contribution < 1.29 is 18.3 Å². The molecule has 1 atom stereocenters. The van der Waals surface area contributed by atoms with Crippen LogP contribution in [0.3, 0.4) is 0 Å². The van der Waals surface area contributed by atoms with Gasteiger partial charge in [-0.3, -0.25) is 4.79 Å². The van der Waals surface area contributed by atoms with Gasteiger partial charge in [-0.1, -0.05) is 6.07 Å². The number of hydrogen-bond donors (Lipinski definition) is 2.